The number of nitrogens with two attached hydrogens (primary N) is 1. The summed E-state index contributed by atoms with van der Waals surface area (Å²) in [7, 11) is 0. The van der Waals surface area contributed by atoms with Crippen molar-refractivity contribution in [3.63, 3.8) is 0 Å². The summed E-state index contributed by atoms with van der Waals surface area (Å²) in [6, 6.07) is 10.4. The van der Waals surface area contributed by atoms with Crippen molar-refractivity contribution >= 4 is 123 Å². The molecular formula is C92H131N9O29S. The molecule has 0 saturated carbocycles. The van der Waals surface area contributed by atoms with E-state index in [1.807, 2.05) is 0 Å². The molecule has 3 aromatic carbocycles. The van der Waals surface area contributed by atoms with E-state index >= 15 is 0 Å². The van der Waals surface area contributed by atoms with Gasteiger partial charge in [0.1, 0.15) is 35.2 Å². The molecule has 0 bridgehead atoms. The van der Waals surface area contributed by atoms with Crippen LogP contribution in [0.1, 0.15) is 187 Å². The zero-order valence-corrected chi connectivity index (χ0v) is 76.1. The lowest BCUT2D eigenvalue weighted by molar-refractivity contribution is -0.143. The summed E-state index contributed by atoms with van der Waals surface area (Å²) in [5.41, 5.74) is 6.77. The van der Waals surface area contributed by atoms with E-state index in [4.69, 9.17) is 5.73 Å². The summed E-state index contributed by atoms with van der Waals surface area (Å²) >= 11 is 0.966. The third-order valence-corrected chi connectivity index (χ3v) is 23.9. The van der Waals surface area contributed by atoms with Crippen molar-refractivity contribution < 1.29 is 142 Å². The molecular weight excluding hydrogens is 1730 g/mol. The summed E-state index contributed by atoms with van der Waals surface area (Å²) in [5.74, 6) is -30.4. The first-order valence-electron chi connectivity index (χ1n) is 44.2. The molecule has 3 aromatic rings. The molecule has 0 aromatic heterocycles. The summed E-state index contributed by atoms with van der Waals surface area (Å²) in [6.07, 6.45) is -10.5. The number of carboxylic acids is 3. The number of carbonyl (C=O) groups is 19. The molecule has 0 spiro atoms. The molecule has 1 saturated heterocycles. The van der Waals surface area contributed by atoms with Crippen molar-refractivity contribution in [1.82, 2.24) is 42.1 Å². The Labute approximate surface area is 765 Å². The van der Waals surface area contributed by atoms with Crippen LogP contribution < -0.4 is 43.0 Å². The summed E-state index contributed by atoms with van der Waals surface area (Å²) in [4.78, 5) is 261. The number of thioether (sulfide) groups is 1. The summed E-state index contributed by atoms with van der Waals surface area (Å²) < 4.78 is 0. The highest BCUT2D eigenvalue weighted by molar-refractivity contribution is 8.00. The highest BCUT2D eigenvalue weighted by atomic mass is 32.2. The number of nitrogens with one attached hydrogen (secondary N) is 7. The smallest absolute Gasteiger partial charge is 0.304 e. The van der Waals surface area contributed by atoms with Crippen LogP contribution in [0, 0.1) is 53.3 Å². The van der Waals surface area contributed by atoms with Crippen LogP contribution >= 0.6 is 11.8 Å². The van der Waals surface area contributed by atoms with Gasteiger partial charge in [-0.05, 0) is 138 Å². The van der Waals surface area contributed by atoms with Crippen molar-refractivity contribution in [3.05, 3.63) is 95.6 Å². The number of nitrogens with zero attached hydrogens (tertiary/aromatic N) is 1. The highest BCUT2D eigenvalue weighted by Gasteiger charge is 2.41. The number of unbranched alkanes of at least 4 members (excludes halogenated alkanes) is 1. The largest absolute Gasteiger partial charge is 0.508 e. The molecule has 4 rings (SSSR count). The number of phenolic OH excluding ortho intramolecular Hbond substituents is 2. The SMILES string of the molecule is CC[C@H](C)[C@H](NC(=O)[C@H](CO)CC(=O)[C@H](Cc1ccc(O)cc1)NC(=O)[C@H](CC(=O)O)CC(=O)[C@H](CO)NC(=O)[C@@H](CC(=O)[C@H](Cc1ccccc1)NC(=O)[C@@H](CC(=O)CNC(=O)[C@H](CCC(=O)O)CC(=O)CSCC(=O)CCCN1CC[C@@H](O)C1=O)[C@@H](C)O)[C@@H](C)O)C(=O)C[C@@H](Cc1ccc(O)cc1)C(=O)N[C@@H](CC(C)C)C(=O)C[C@@H](CC(=O)O)C(=O)N[C@H](C)CCCCN. The first-order valence-corrected chi connectivity index (χ1v) is 45.4. The second-order valence-corrected chi connectivity index (χ2v) is 35.3. The van der Waals surface area contributed by atoms with Crippen LogP contribution in [0.25, 0.3) is 0 Å². The van der Waals surface area contributed by atoms with Crippen LogP contribution in [0.4, 0.5) is 0 Å². The number of carbonyl (C=O) groups excluding carboxylic acids is 16. The minimum Gasteiger partial charge on any atom is -0.508 e. The number of hydrogen-bond acceptors (Lipinski definition) is 28. The minimum atomic E-state index is -1.99. The van der Waals surface area contributed by atoms with Crippen LogP contribution in [0.15, 0.2) is 78.9 Å². The van der Waals surface area contributed by atoms with Gasteiger partial charge in [0.05, 0.1) is 110 Å². The first kappa shape index (κ1) is 112. The number of aliphatic hydroxyl groups is 5. The van der Waals surface area contributed by atoms with Gasteiger partial charge in [0.2, 0.25) is 41.4 Å². The average Bonchev–Trinajstić information content (AvgIpc) is 1.46. The fraction of sp³-hybridized carbons (Fsp3) is 0.598. The number of aliphatic carboxylic acids is 3. The Balaban J connectivity index is 1.53. The lowest BCUT2D eigenvalue weighted by Crippen LogP contribution is -2.52. The number of Topliss-reactive ketones (excluding diaryl/α,β-unsaturated/α-hetero) is 8. The van der Waals surface area contributed by atoms with Gasteiger partial charge in [0.15, 0.2) is 34.7 Å². The van der Waals surface area contributed by atoms with Crippen molar-refractivity contribution in [2.24, 2.45) is 59.0 Å². The molecule has 1 aliphatic rings. The van der Waals surface area contributed by atoms with E-state index in [2.05, 4.69) is 37.2 Å². The van der Waals surface area contributed by atoms with E-state index in [9.17, 15) is 142 Å². The van der Waals surface area contributed by atoms with E-state index in [0.29, 0.717) is 56.3 Å². The van der Waals surface area contributed by atoms with Gasteiger partial charge in [-0.15, -0.1) is 11.8 Å². The fourth-order valence-corrected chi connectivity index (χ4v) is 15.8. The molecule has 1 heterocycles. The second kappa shape index (κ2) is 57.9. The Morgan fingerprint density at radius 1 is 0.458 bits per heavy atom. The number of carboxylic acid groups (broad SMARTS) is 3. The van der Waals surface area contributed by atoms with E-state index < -0.39 is 292 Å². The van der Waals surface area contributed by atoms with Crippen LogP contribution in [0.3, 0.4) is 0 Å². The minimum absolute atomic E-state index is 0.0243. The maximum absolute atomic E-state index is 14.8. The van der Waals surface area contributed by atoms with Gasteiger partial charge in [0, 0.05) is 88.8 Å². The monoisotopic (exact) mass is 1860 g/mol. The van der Waals surface area contributed by atoms with E-state index in [0.717, 1.165) is 25.6 Å². The molecule has 0 unspecified atom stereocenters. The molecule has 1 fully saturated rings. The predicted octanol–water partition coefficient (Wildman–Crippen LogP) is 1.66. The van der Waals surface area contributed by atoms with Gasteiger partial charge in [0.25, 0.3) is 5.91 Å². The molecule has 131 heavy (non-hydrogen) atoms. The summed E-state index contributed by atoms with van der Waals surface area (Å²) in [6.45, 7) is 8.77. The molecule has 38 nitrogen and oxygen atoms in total. The number of aliphatic hydroxyl groups excluding tert-OH is 5. The van der Waals surface area contributed by atoms with E-state index in [1.54, 1.807) is 65.0 Å². The van der Waals surface area contributed by atoms with Gasteiger partial charge < -0.3 is 98.9 Å². The van der Waals surface area contributed by atoms with Crippen LogP contribution in [0.2, 0.25) is 0 Å². The topological polar surface area (TPSA) is 640 Å². The third kappa shape index (κ3) is 41.1. The second-order valence-electron chi connectivity index (χ2n) is 34.4. The zero-order valence-electron chi connectivity index (χ0n) is 75.3. The van der Waals surface area contributed by atoms with Gasteiger partial charge in [-0.2, -0.15) is 0 Å². The Kier molecular flexibility index (Phi) is 49.6. The number of ketones is 8. The predicted molar refractivity (Wildman–Crippen MR) is 475 cm³/mol. The first-order chi connectivity index (χ1) is 61.9. The highest BCUT2D eigenvalue weighted by Crippen LogP contribution is 2.27. The number of rotatable bonds is 67. The maximum Gasteiger partial charge on any atom is 0.304 e. The van der Waals surface area contributed by atoms with E-state index in [-0.39, 0.29) is 91.4 Å². The molecule has 19 N–H and O–H groups in total. The van der Waals surface area contributed by atoms with Crippen LogP contribution in [0.5, 0.6) is 11.5 Å². The van der Waals surface area contributed by atoms with Crippen molar-refractivity contribution in [3.8, 4) is 11.5 Å². The number of likely N-dealkylation sites (tertiary alicyclic amines) is 1. The zero-order chi connectivity index (χ0) is 97.9. The lowest BCUT2D eigenvalue weighted by atomic mass is 9.85. The number of aromatic hydroxyl groups is 2. The Morgan fingerprint density at radius 2 is 0.931 bits per heavy atom. The molecule has 0 aliphatic carbocycles. The lowest BCUT2D eigenvalue weighted by Gasteiger charge is -2.28. The van der Waals surface area contributed by atoms with Gasteiger partial charge in [-0.1, -0.05) is 95.1 Å². The van der Waals surface area contributed by atoms with Crippen molar-refractivity contribution in [2.75, 3.05) is 50.9 Å². The standard InChI is InChI=1S/C92H131N9O29S/c1-8-52(4)84(80(116)40-60(34-57-19-24-64(106)25-20-57)87(125)96-71(33-51(2)3)76(112)38-61(42-82(119)120)86(124)95-53(5)15-12-13-30-93)100-89(127)63(47-102)41-77(113)72(36-58-21-26-65(107)27-22-58)97-88(126)62(43-83(121)122)39-78(114)74(48-103)99-91(129)70(55(7)105)45-79(115)73(35-56-16-10-9-11-17-56)98-90(128)69(54(6)104)44-67(109)46-94-85(123)59(23-28-81(117)118)37-68(110)50-131-49-66(108)18-14-31-101-32-29-75(111)92(101)130/h9-11,16-17,19-22,24-27,51-55,59-63,69-75,84,102-107,111H,8,12-15,18,23,28-50,93H2,1-7H3,(H,94,123)(H,95,124)(H,96,125)(H,97,126)(H,98,128)(H,99,129)(H,100,127)(H,117,118)(H,119,120)(H,121,122)/t52-,53+,54+,55+,59+,60+,61-,62-,63-,69-,70-,71-,72-,73-,74-,75+,84-/m0/s1. The molecule has 39 heteroatoms. The normalized spacial score (nSPS) is 16.2. The molecule has 724 valence electrons. The van der Waals surface area contributed by atoms with Gasteiger partial charge in [-0.3, -0.25) is 91.1 Å². The Hall–Kier alpha value is -11.1. The number of phenols is 2. The number of amides is 8. The average molecular weight is 1860 g/mol. The van der Waals surface area contributed by atoms with Crippen molar-refractivity contribution in [1.29, 1.82) is 0 Å². The third-order valence-electron chi connectivity index (χ3n) is 22.9. The number of benzene rings is 3. The Morgan fingerprint density at radius 3 is 1.44 bits per heavy atom. The molecule has 1 aliphatic heterocycles. The van der Waals surface area contributed by atoms with Gasteiger partial charge >= 0.3 is 17.9 Å². The van der Waals surface area contributed by atoms with Gasteiger partial charge in [-0.25, -0.2) is 0 Å². The summed E-state index contributed by atoms with van der Waals surface area (Å²) in [5, 5.41) is 121. The molecule has 8 amide bonds. The van der Waals surface area contributed by atoms with Crippen LogP contribution in [-0.4, -0.2) is 273 Å². The molecule has 0 radical (unpaired) electrons. The quantitative estimate of drug-likeness (QED) is 0.0357. The van der Waals surface area contributed by atoms with E-state index in [1.165, 1.54) is 53.4 Å². The maximum atomic E-state index is 14.8. The number of hydrogen-bond donors (Lipinski definition) is 18. The Bertz CT molecular complexity index is 4360. The van der Waals surface area contributed by atoms with Crippen LogP contribution in [-0.2, 0) is 110 Å². The van der Waals surface area contributed by atoms with Crippen molar-refractivity contribution in [2.45, 2.75) is 244 Å². The fourth-order valence-electron chi connectivity index (χ4n) is 15.0. The molecule has 17 atom stereocenters.